The van der Waals surface area contributed by atoms with Gasteiger partial charge < -0.3 is 15.0 Å². The maximum Gasteiger partial charge on any atom is 0.336 e. The molecule has 1 aromatic heterocycles. The normalized spacial score (nSPS) is 11.7. The number of imidazole rings is 1. The molecule has 138 valence electrons. The Balaban J connectivity index is 1.88. The number of ether oxygens (including phenoxy) is 1. The fourth-order valence-electron chi connectivity index (χ4n) is 2.82. The van der Waals surface area contributed by atoms with Gasteiger partial charge in [-0.3, -0.25) is 9.59 Å². The zero-order valence-corrected chi connectivity index (χ0v) is 14.8. The fourth-order valence-corrected chi connectivity index (χ4v) is 2.82. The molecule has 0 fully saturated rings. The molecular formula is C20H19N3O4. The number of benzene rings is 2. The van der Waals surface area contributed by atoms with Crippen molar-refractivity contribution in [2.75, 3.05) is 6.61 Å². The van der Waals surface area contributed by atoms with E-state index in [2.05, 4.69) is 15.3 Å². The molecule has 7 nitrogen and oxygen atoms in total. The van der Waals surface area contributed by atoms with Crippen LogP contribution in [0.1, 0.15) is 23.0 Å². The molecule has 0 radical (unpaired) electrons. The first-order valence-corrected chi connectivity index (χ1v) is 8.55. The molecule has 0 bridgehead atoms. The van der Waals surface area contributed by atoms with Crippen molar-refractivity contribution in [2.24, 2.45) is 0 Å². The number of carbonyl (C=O) groups excluding carboxylic acids is 3. The number of hydrogen-bond acceptors (Lipinski definition) is 5. The minimum atomic E-state index is -1.41. The Kier molecular flexibility index (Phi) is 5.61. The summed E-state index contributed by atoms with van der Waals surface area (Å²) in [6.07, 6.45) is 2.93. The van der Waals surface area contributed by atoms with Crippen LogP contribution in [0, 0.1) is 0 Å². The van der Waals surface area contributed by atoms with Gasteiger partial charge in [-0.25, -0.2) is 9.78 Å². The molecule has 0 spiro atoms. The SMILES string of the molecule is CCOC(=O)C(NC(=O)Cc1cnc[nH]1)C(=O)c1cccc2ccccc12. The smallest absolute Gasteiger partial charge is 0.336 e. The second-order valence-electron chi connectivity index (χ2n) is 5.90. The first-order chi connectivity index (χ1) is 13.1. The maximum atomic E-state index is 13.1. The molecule has 0 aliphatic rings. The van der Waals surface area contributed by atoms with E-state index in [9.17, 15) is 14.4 Å². The molecule has 1 unspecified atom stereocenters. The Labute approximate surface area is 155 Å². The van der Waals surface area contributed by atoms with Crippen molar-refractivity contribution >= 4 is 28.4 Å². The number of aromatic nitrogens is 2. The van der Waals surface area contributed by atoms with Gasteiger partial charge in [-0.1, -0.05) is 42.5 Å². The highest BCUT2D eigenvalue weighted by Gasteiger charge is 2.31. The van der Waals surface area contributed by atoms with Crippen LogP contribution in [0.2, 0.25) is 0 Å². The van der Waals surface area contributed by atoms with Crippen LogP contribution in [0.25, 0.3) is 10.8 Å². The molecule has 1 atom stereocenters. The van der Waals surface area contributed by atoms with E-state index in [0.29, 0.717) is 16.6 Å². The third-order valence-electron chi connectivity index (χ3n) is 4.05. The highest BCUT2D eigenvalue weighted by molar-refractivity contribution is 6.18. The molecule has 7 heteroatoms. The van der Waals surface area contributed by atoms with E-state index in [4.69, 9.17) is 4.74 Å². The van der Waals surface area contributed by atoms with Gasteiger partial charge in [-0.2, -0.15) is 0 Å². The number of carbonyl (C=O) groups is 3. The molecule has 0 aliphatic heterocycles. The van der Waals surface area contributed by atoms with Crippen LogP contribution in [0.3, 0.4) is 0 Å². The summed E-state index contributed by atoms with van der Waals surface area (Å²) < 4.78 is 5.00. The maximum absolute atomic E-state index is 13.1. The lowest BCUT2D eigenvalue weighted by Gasteiger charge is -2.17. The number of aromatic amines is 1. The summed E-state index contributed by atoms with van der Waals surface area (Å²) >= 11 is 0. The number of nitrogens with zero attached hydrogens (tertiary/aromatic N) is 1. The topological polar surface area (TPSA) is 101 Å². The molecule has 1 heterocycles. The van der Waals surface area contributed by atoms with E-state index in [1.807, 2.05) is 24.3 Å². The first kappa shape index (κ1) is 18.3. The van der Waals surface area contributed by atoms with E-state index in [0.717, 1.165) is 5.39 Å². The number of fused-ring (bicyclic) bond motifs is 1. The van der Waals surface area contributed by atoms with Crippen LogP contribution in [0.5, 0.6) is 0 Å². The molecule has 3 aromatic rings. The van der Waals surface area contributed by atoms with E-state index in [1.165, 1.54) is 12.5 Å². The lowest BCUT2D eigenvalue weighted by Crippen LogP contribution is -2.48. The second-order valence-corrected chi connectivity index (χ2v) is 5.90. The Morgan fingerprint density at radius 1 is 1.15 bits per heavy atom. The molecule has 27 heavy (non-hydrogen) atoms. The lowest BCUT2D eigenvalue weighted by molar-refractivity contribution is -0.145. The molecule has 0 aliphatic carbocycles. The van der Waals surface area contributed by atoms with Gasteiger partial charge in [-0.05, 0) is 17.7 Å². The Morgan fingerprint density at radius 2 is 1.93 bits per heavy atom. The zero-order valence-electron chi connectivity index (χ0n) is 14.8. The fraction of sp³-hybridized carbons (Fsp3) is 0.200. The lowest BCUT2D eigenvalue weighted by atomic mass is 9.97. The Bertz CT molecular complexity index is 961. The number of hydrogen-bond donors (Lipinski definition) is 2. The van der Waals surface area contributed by atoms with Crippen LogP contribution < -0.4 is 5.32 Å². The number of esters is 1. The number of amides is 1. The second kappa shape index (κ2) is 8.27. The van der Waals surface area contributed by atoms with Gasteiger partial charge in [-0.15, -0.1) is 0 Å². The van der Waals surface area contributed by atoms with E-state index in [1.54, 1.807) is 25.1 Å². The molecule has 1 amide bonds. The minimum absolute atomic E-state index is 0.0290. The van der Waals surface area contributed by atoms with Crippen molar-refractivity contribution in [3.8, 4) is 0 Å². The van der Waals surface area contributed by atoms with E-state index >= 15 is 0 Å². The first-order valence-electron chi connectivity index (χ1n) is 8.55. The van der Waals surface area contributed by atoms with Crippen LogP contribution in [0.15, 0.2) is 55.0 Å². The Morgan fingerprint density at radius 3 is 2.67 bits per heavy atom. The summed E-state index contributed by atoms with van der Waals surface area (Å²) in [4.78, 5) is 44.4. The molecule has 0 saturated carbocycles. The number of ketones is 1. The molecule has 3 rings (SSSR count). The molecular weight excluding hydrogens is 346 g/mol. The predicted molar refractivity (Wildman–Crippen MR) is 99.1 cm³/mol. The van der Waals surface area contributed by atoms with E-state index < -0.39 is 23.7 Å². The summed E-state index contributed by atoms with van der Waals surface area (Å²) in [5, 5.41) is 4.07. The van der Waals surface area contributed by atoms with Crippen LogP contribution in [0.4, 0.5) is 0 Å². The monoisotopic (exact) mass is 365 g/mol. The summed E-state index contributed by atoms with van der Waals surface area (Å²) in [7, 11) is 0. The summed E-state index contributed by atoms with van der Waals surface area (Å²) in [6, 6.07) is 11.2. The van der Waals surface area contributed by atoms with Gasteiger partial charge in [0.25, 0.3) is 0 Å². The van der Waals surface area contributed by atoms with Gasteiger partial charge in [0.15, 0.2) is 11.8 Å². The largest absolute Gasteiger partial charge is 0.464 e. The van der Waals surface area contributed by atoms with Gasteiger partial charge in [0.1, 0.15) is 0 Å². The van der Waals surface area contributed by atoms with Crippen LogP contribution in [-0.4, -0.2) is 40.3 Å². The number of Topliss-reactive ketones (excluding diaryl/α,β-unsaturated/α-hetero) is 1. The van der Waals surface area contributed by atoms with Crippen molar-refractivity contribution < 1.29 is 19.1 Å². The van der Waals surface area contributed by atoms with Crippen molar-refractivity contribution in [1.82, 2.24) is 15.3 Å². The highest BCUT2D eigenvalue weighted by atomic mass is 16.5. The third kappa shape index (κ3) is 4.20. The standard InChI is InChI=1S/C20H19N3O4/c1-2-27-20(26)18(23-17(24)10-14-11-21-12-22-14)19(25)16-9-5-7-13-6-3-4-8-15(13)16/h3-9,11-12,18H,2,10H2,1H3,(H,21,22)(H,23,24). The Hall–Kier alpha value is -3.48. The van der Waals surface area contributed by atoms with Gasteiger partial charge in [0.05, 0.1) is 19.4 Å². The van der Waals surface area contributed by atoms with Gasteiger partial charge >= 0.3 is 5.97 Å². The van der Waals surface area contributed by atoms with Crippen molar-refractivity contribution in [1.29, 1.82) is 0 Å². The summed E-state index contributed by atoms with van der Waals surface area (Å²) in [5.41, 5.74) is 0.931. The van der Waals surface area contributed by atoms with Crippen molar-refractivity contribution in [2.45, 2.75) is 19.4 Å². The van der Waals surface area contributed by atoms with Gasteiger partial charge in [0, 0.05) is 17.5 Å². The average molecular weight is 365 g/mol. The van der Waals surface area contributed by atoms with Gasteiger partial charge in [0.2, 0.25) is 5.91 Å². The van der Waals surface area contributed by atoms with Crippen LogP contribution in [-0.2, 0) is 20.7 Å². The van der Waals surface area contributed by atoms with E-state index in [-0.39, 0.29) is 13.0 Å². The number of rotatable bonds is 7. The van der Waals surface area contributed by atoms with Crippen molar-refractivity contribution in [3.63, 3.8) is 0 Å². The highest BCUT2D eigenvalue weighted by Crippen LogP contribution is 2.20. The average Bonchev–Trinajstić information content (AvgIpc) is 3.18. The number of nitrogens with one attached hydrogen (secondary N) is 2. The number of H-pyrrole nitrogens is 1. The third-order valence-corrected chi connectivity index (χ3v) is 4.05. The quantitative estimate of drug-likeness (QED) is 0.379. The van der Waals surface area contributed by atoms with Crippen molar-refractivity contribution in [3.05, 3.63) is 66.2 Å². The zero-order chi connectivity index (χ0) is 19.2. The minimum Gasteiger partial charge on any atom is -0.464 e. The molecule has 2 N–H and O–H groups in total. The molecule has 0 saturated heterocycles. The molecule has 2 aromatic carbocycles. The van der Waals surface area contributed by atoms with Crippen LogP contribution >= 0.6 is 0 Å². The summed E-state index contributed by atoms with van der Waals surface area (Å²) in [5.74, 6) is -1.78. The predicted octanol–water partition coefficient (Wildman–Crippen LogP) is 2.04. The summed E-state index contributed by atoms with van der Waals surface area (Å²) in [6.45, 7) is 1.75.